The van der Waals surface area contributed by atoms with E-state index in [2.05, 4.69) is 57.9 Å². The zero-order valence-corrected chi connectivity index (χ0v) is 11.8. The molecule has 4 heteroatoms. The number of fused-ring (bicyclic) bond motifs is 1. The highest BCUT2D eigenvalue weighted by atomic mass is 15.1. The summed E-state index contributed by atoms with van der Waals surface area (Å²) in [5, 5.41) is 1.11. The van der Waals surface area contributed by atoms with Crippen LogP contribution < -0.4 is 0 Å². The number of likely N-dealkylation sites (N-methyl/N-ethyl adjacent to an activating group) is 1. The van der Waals surface area contributed by atoms with Crippen molar-refractivity contribution in [1.29, 1.82) is 0 Å². The van der Waals surface area contributed by atoms with Gasteiger partial charge in [0.05, 0.1) is 5.69 Å². The zero-order valence-electron chi connectivity index (χ0n) is 11.8. The van der Waals surface area contributed by atoms with Crippen molar-refractivity contribution in [3.05, 3.63) is 48.9 Å². The summed E-state index contributed by atoms with van der Waals surface area (Å²) in [5.74, 6) is 0. The maximum absolute atomic E-state index is 4.45. The first-order chi connectivity index (χ1) is 9.75. The fourth-order valence-corrected chi connectivity index (χ4v) is 2.32. The molecule has 20 heavy (non-hydrogen) atoms. The maximum Gasteiger partial charge on any atom is 0.143 e. The molecule has 0 fully saturated rings. The van der Waals surface area contributed by atoms with Gasteiger partial charge in [-0.2, -0.15) is 0 Å². The molecule has 0 radical (unpaired) electrons. The van der Waals surface area contributed by atoms with Gasteiger partial charge in [-0.3, -0.25) is 0 Å². The number of aromatic nitrogens is 3. The second kappa shape index (κ2) is 5.43. The van der Waals surface area contributed by atoms with Crippen molar-refractivity contribution in [2.45, 2.75) is 6.54 Å². The van der Waals surface area contributed by atoms with Gasteiger partial charge >= 0.3 is 0 Å². The Bertz CT molecular complexity index is 701. The first kappa shape index (κ1) is 12.8. The number of hydrogen-bond acceptors (Lipinski definition) is 3. The van der Waals surface area contributed by atoms with E-state index >= 15 is 0 Å². The number of rotatable bonds is 4. The average Bonchev–Trinajstić information content (AvgIpc) is 2.89. The van der Waals surface area contributed by atoms with Crippen molar-refractivity contribution in [2.75, 3.05) is 20.6 Å². The van der Waals surface area contributed by atoms with Crippen molar-refractivity contribution < 1.29 is 0 Å². The summed E-state index contributed by atoms with van der Waals surface area (Å²) in [6, 6.07) is 12.4. The van der Waals surface area contributed by atoms with Crippen LogP contribution in [0.3, 0.4) is 0 Å². The van der Waals surface area contributed by atoms with Gasteiger partial charge in [-0.15, -0.1) is 0 Å². The second-order valence-electron chi connectivity index (χ2n) is 5.14. The highest BCUT2D eigenvalue weighted by Crippen LogP contribution is 2.25. The van der Waals surface area contributed by atoms with Crippen LogP contribution in [0.5, 0.6) is 0 Å². The lowest BCUT2D eigenvalue weighted by Gasteiger charge is -2.10. The topological polar surface area (TPSA) is 34.0 Å². The van der Waals surface area contributed by atoms with Crippen molar-refractivity contribution in [1.82, 2.24) is 19.4 Å². The van der Waals surface area contributed by atoms with Gasteiger partial charge < -0.3 is 9.47 Å². The molecule has 3 aromatic rings. The van der Waals surface area contributed by atoms with Gasteiger partial charge in [0.2, 0.25) is 0 Å². The van der Waals surface area contributed by atoms with E-state index in [1.165, 1.54) is 0 Å². The third kappa shape index (κ3) is 2.42. The molecule has 0 amide bonds. The van der Waals surface area contributed by atoms with E-state index in [9.17, 15) is 0 Å². The molecule has 0 spiro atoms. The minimum atomic E-state index is 0.932. The van der Waals surface area contributed by atoms with Gasteiger partial charge in [-0.25, -0.2) is 9.97 Å². The van der Waals surface area contributed by atoms with E-state index in [1.54, 1.807) is 6.33 Å². The molecule has 102 valence electrons. The molecule has 2 aromatic heterocycles. The van der Waals surface area contributed by atoms with Crippen molar-refractivity contribution in [2.24, 2.45) is 0 Å². The van der Waals surface area contributed by atoms with Crippen LogP contribution in [-0.4, -0.2) is 40.1 Å². The molecular formula is C16H18N4. The smallest absolute Gasteiger partial charge is 0.143 e. The molecule has 0 unspecified atom stereocenters. The van der Waals surface area contributed by atoms with Crippen LogP contribution in [0.4, 0.5) is 0 Å². The van der Waals surface area contributed by atoms with E-state index in [1.807, 2.05) is 18.2 Å². The maximum atomic E-state index is 4.45. The third-order valence-corrected chi connectivity index (χ3v) is 3.39. The average molecular weight is 266 g/mol. The zero-order chi connectivity index (χ0) is 13.9. The van der Waals surface area contributed by atoms with Crippen LogP contribution in [0.15, 0.2) is 48.9 Å². The Morgan fingerprint density at radius 1 is 1.05 bits per heavy atom. The fraction of sp³-hybridized carbons (Fsp3) is 0.250. The molecule has 0 aliphatic heterocycles. The van der Waals surface area contributed by atoms with Crippen LogP contribution in [0.25, 0.3) is 22.3 Å². The lowest BCUT2D eigenvalue weighted by Crippen LogP contribution is -2.18. The quantitative estimate of drug-likeness (QED) is 0.728. The predicted molar refractivity (Wildman–Crippen MR) is 81.5 cm³/mol. The lowest BCUT2D eigenvalue weighted by molar-refractivity contribution is 0.386. The second-order valence-corrected chi connectivity index (χ2v) is 5.14. The van der Waals surface area contributed by atoms with E-state index in [4.69, 9.17) is 0 Å². The van der Waals surface area contributed by atoms with E-state index in [0.29, 0.717) is 0 Å². The molecule has 0 aliphatic rings. The highest BCUT2D eigenvalue weighted by Gasteiger charge is 2.09. The first-order valence-corrected chi connectivity index (χ1v) is 6.75. The van der Waals surface area contributed by atoms with Crippen molar-refractivity contribution in [3.63, 3.8) is 0 Å². The van der Waals surface area contributed by atoms with Gasteiger partial charge in [-0.1, -0.05) is 30.3 Å². The summed E-state index contributed by atoms with van der Waals surface area (Å²) in [5.41, 5.74) is 3.13. The normalized spacial score (nSPS) is 11.3. The minimum absolute atomic E-state index is 0.932. The Hall–Kier alpha value is -2.20. The molecule has 0 saturated carbocycles. The van der Waals surface area contributed by atoms with Gasteiger partial charge in [-0.05, 0) is 20.2 Å². The Labute approximate surface area is 118 Å². The minimum Gasteiger partial charge on any atom is -0.331 e. The molecule has 0 saturated heterocycles. The molecule has 0 aliphatic carbocycles. The molecule has 3 rings (SSSR count). The van der Waals surface area contributed by atoms with Gasteiger partial charge in [0.25, 0.3) is 0 Å². The largest absolute Gasteiger partial charge is 0.331 e. The van der Waals surface area contributed by atoms with Crippen molar-refractivity contribution >= 4 is 11.0 Å². The molecule has 1 aromatic carbocycles. The monoisotopic (exact) mass is 266 g/mol. The first-order valence-electron chi connectivity index (χ1n) is 6.75. The van der Waals surface area contributed by atoms with Crippen LogP contribution in [0.2, 0.25) is 0 Å². The molecule has 0 N–H and O–H groups in total. The molecule has 4 nitrogen and oxygen atoms in total. The van der Waals surface area contributed by atoms with Crippen molar-refractivity contribution in [3.8, 4) is 11.3 Å². The molecular weight excluding hydrogens is 248 g/mol. The number of nitrogens with zero attached hydrogens (tertiary/aromatic N) is 4. The summed E-state index contributed by atoms with van der Waals surface area (Å²) < 4.78 is 2.18. The predicted octanol–water partition coefficient (Wildman–Crippen LogP) is 2.66. The van der Waals surface area contributed by atoms with E-state index < -0.39 is 0 Å². The lowest BCUT2D eigenvalue weighted by atomic mass is 10.1. The summed E-state index contributed by atoms with van der Waals surface area (Å²) in [6.07, 6.45) is 3.74. The molecule has 2 heterocycles. The summed E-state index contributed by atoms with van der Waals surface area (Å²) in [7, 11) is 4.16. The van der Waals surface area contributed by atoms with Crippen LogP contribution >= 0.6 is 0 Å². The van der Waals surface area contributed by atoms with Gasteiger partial charge in [0.15, 0.2) is 0 Å². The highest BCUT2D eigenvalue weighted by molar-refractivity contribution is 5.90. The Kier molecular flexibility index (Phi) is 3.48. The number of hydrogen-bond donors (Lipinski definition) is 0. The van der Waals surface area contributed by atoms with Crippen LogP contribution in [0, 0.1) is 0 Å². The van der Waals surface area contributed by atoms with E-state index in [-0.39, 0.29) is 0 Å². The fourth-order valence-electron chi connectivity index (χ4n) is 2.32. The SMILES string of the molecule is CN(C)CCn1ccc2c(-c3ccccc3)ncnc21. The van der Waals surface area contributed by atoms with E-state index in [0.717, 1.165) is 35.4 Å². The Morgan fingerprint density at radius 2 is 1.85 bits per heavy atom. The molecule has 0 atom stereocenters. The van der Waals surface area contributed by atoms with Crippen LogP contribution in [-0.2, 0) is 6.54 Å². The summed E-state index contributed by atoms with van der Waals surface area (Å²) in [4.78, 5) is 11.1. The van der Waals surface area contributed by atoms with Gasteiger partial charge in [0, 0.05) is 30.2 Å². The number of benzene rings is 1. The summed E-state index contributed by atoms with van der Waals surface area (Å²) >= 11 is 0. The Morgan fingerprint density at radius 3 is 2.60 bits per heavy atom. The summed E-state index contributed by atoms with van der Waals surface area (Å²) in [6.45, 7) is 1.93. The Balaban J connectivity index is 2.04. The molecule has 0 bridgehead atoms. The standard InChI is InChI=1S/C16H18N4/c1-19(2)10-11-20-9-8-14-15(17-12-18-16(14)20)13-6-4-3-5-7-13/h3-9,12H,10-11H2,1-2H3. The van der Waals surface area contributed by atoms with Gasteiger partial charge in [0.1, 0.15) is 12.0 Å². The van der Waals surface area contributed by atoms with Crippen LogP contribution in [0.1, 0.15) is 0 Å². The third-order valence-electron chi connectivity index (χ3n) is 3.39.